The summed E-state index contributed by atoms with van der Waals surface area (Å²) in [5.74, 6) is -0.813. The fraction of sp³-hybridized carbons (Fsp3) is 0.188. The van der Waals surface area contributed by atoms with Gasteiger partial charge in [0.15, 0.2) is 0 Å². The molecule has 0 atom stereocenters. The average Bonchev–Trinajstić information content (AvgIpc) is 2.94. The molecule has 110 valence electrons. The second kappa shape index (κ2) is 7.54. The smallest absolute Gasteiger partial charge is 0.317 e. The van der Waals surface area contributed by atoms with Crippen LogP contribution in [0.5, 0.6) is 0 Å². The fourth-order valence-electron chi connectivity index (χ4n) is 1.96. The molecule has 0 bridgehead atoms. The summed E-state index contributed by atoms with van der Waals surface area (Å²) in [4.78, 5) is 13.7. The monoisotopic (exact) mass is 365 g/mol. The average molecular weight is 366 g/mol. The molecular weight excluding hydrogens is 350 g/mol. The molecule has 0 aliphatic heterocycles. The van der Waals surface area contributed by atoms with Gasteiger partial charge in [0.05, 0.1) is 6.54 Å². The number of aliphatic carboxylic acids is 1. The summed E-state index contributed by atoms with van der Waals surface area (Å²) in [5, 5.41) is 10.9. The molecule has 0 saturated heterocycles. The Morgan fingerprint density at radius 1 is 1.33 bits per heavy atom. The molecule has 1 N–H and O–H groups in total. The molecule has 0 fully saturated rings. The highest BCUT2D eigenvalue weighted by Gasteiger charge is 2.08. The first kappa shape index (κ1) is 15.9. The predicted octanol–water partition coefficient (Wildman–Crippen LogP) is 3.96. The van der Waals surface area contributed by atoms with E-state index in [9.17, 15) is 4.79 Å². The number of halogens is 1. The van der Waals surface area contributed by atoms with Crippen molar-refractivity contribution in [2.45, 2.75) is 0 Å². The standard InChI is InChI=1S/C16H16BrNO2S/c1-18(11-16(19)20)9-8-14(15-3-2-10-21-15)12-4-6-13(17)7-5-12/h2-8,10H,9,11H2,1H3,(H,19,20)/b14-8-. The van der Waals surface area contributed by atoms with E-state index in [0.717, 1.165) is 15.6 Å². The lowest BCUT2D eigenvalue weighted by Crippen LogP contribution is -2.25. The third-order valence-electron chi connectivity index (χ3n) is 2.95. The van der Waals surface area contributed by atoms with Crippen molar-refractivity contribution in [3.8, 4) is 0 Å². The van der Waals surface area contributed by atoms with Crippen LogP contribution in [0.15, 0.2) is 52.3 Å². The maximum Gasteiger partial charge on any atom is 0.317 e. The first-order valence-electron chi connectivity index (χ1n) is 6.46. The van der Waals surface area contributed by atoms with Gasteiger partial charge < -0.3 is 5.11 Å². The zero-order chi connectivity index (χ0) is 15.2. The highest BCUT2D eigenvalue weighted by Crippen LogP contribution is 2.28. The lowest BCUT2D eigenvalue weighted by atomic mass is 10.0. The van der Waals surface area contributed by atoms with E-state index in [-0.39, 0.29) is 6.54 Å². The van der Waals surface area contributed by atoms with Crippen LogP contribution in [-0.2, 0) is 4.79 Å². The van der Waals surface area contributed by atoms with Gasteiger partial charge in [0, 0.05) is 15.9 Å². The Kier molecular flexibility index (Phi) is 5.73. The van der Waals surface area contributed by atoms with Crippen LogP contribution in [0.1, 0.15) is 10.4 Å². The number of benzene rings is 1. The summed E-state index contributed by atoms with van der Waals surface area (Å²) in [6, 6.07) is 12.2. The quantitative estimate of drug-likeness (QED) is 0.841. The molecule has 1 heterocycles. The Labute approximate surface area is 136 Å². The van der Waals surface area contributed by atoms with Gasteiger partial charge in [0.25, 0.3) is 0 Å². The summed E-state index contributed by atoms with van der Waals surface area (Å²) in [5.41, 5.74) is 2.26. The maximum atomic E-state index is 10.7. The number of hydrogen-bond acceptors (Lipinski definition) is 3. The van der Waals surface area contributed by atoms with E-state index in [2.05, 4.69) is 40.2 Å². The first-order valence-corrected chi connectivity index (χ1v) is 8.14. The van der Waals surface area contributed by atoms with Crippen molar-refractivity contribution in [3.63, 3.8) is 0 Å². The van der Waals surface area contributed by atoms with Crippen LogP contribution in [0.25, 0.3) is 5.57 Å². The summed E-state index contributed by atoms with van der Waals surface area (Å²) in [6.07, 6.45) is 2.08. The molecule has 1 aromatic carbocycles. The number of nitrogens with zero attached hydrogens (tertiary/aromatic N) is 1. The van der Waals surface area contributed by atoms with Gasteiger partial charge in [-0.1, -0.05) is 40.2 Å². The zero-order valence-corrected chi connectivity index (χ0v) is 14.0. The lowest BCUT2D eigenvalue weighted by Gasteiger charge is -2.13. The molecule has 2 rings (SSSR count). The normalized spacial score (nSPS) is 11.9. The predicted molar refractivity (Wildman–Crippen MR) is 90.7 cm³/mol. The lowest BCUT2D eigenvalue weighted by molar-refractivity contribution is -0.137. The molecule has 0 spiro atoms. The fourth-order valence-corrected chi connectivity index (χ4v) is 3.02. The molecule has 0 radical (unpaired) electrons. The van der Waals surface area contributed by atoms with Crippen LogP contribution in [0.4, 0.5) is 0 Å². The van der Waals surface area contributed by atoms with Gasteiger partial charge in [-0.15, -0.1) is 11.3 Å². The second-order valence-corrected chi connectivity index (χ2v) is 6.56. The van der Waals surface area contributed by atoms with Gasteiger partial charge in [0.1, 0.15) is 0 Å². The van der Waals surface area contributed by atoms with E-state index in [1.54, 1.807) is 23.3 Å². The van der Waals surface area contributed by atoms with Gasteiger partial charge >= 0.3 is 5.97 Å². The van der Waals surface area contributed by atoms with Crippen LogP contribution in [0.3, 0.4) is 0 Å². The number of carboxylic acids is 1. The molecule has 3 nitrogen and oxygen atoms in total. The molecule has 21 heavy (non-hydrogen) atoms. The number of carbonyl (C=O) groups is 1. The van der Waals surface area contributed by atoms with Crippen molar-refractivity contribution >= 4 is 38.8 Å². The molecule has 0 amide bonds. The summed E-state index contributed by atoms with van der Waals surface area (Å²) < 4.78 is 1.04. The van der Waals surface area contributed by atoms with Crippen molar-refractivity contribution in [3.05, 3.63) is 62.8 Å². The Hall–Kier alpha value is -1.43. The largest absolute Gasteiger partial charge is 0.480 e. The van der Waals surface area contributed by atoms with E-state index in [4.69, 9.17) is 5.11 Å². The van der Waals surface area contributed by atoms with Crippen LogP contribution in [-0.4, -0.2) is 36.1 Å². The minimum atomic E-state index is -0.813. The van der Waals surface area contributed by atoms with E-state index >= 15 is 0 Å². The highest BCUT2D eigenvalue weighted by molar-refractivity contribution is 9.10. The van der Waals surface area contributed by atoms with Gasteiger partial charge in [0.2, 0.25) is 0 Å². The van der Waals surface area contributed by atoms with Crippen LogP contribution in [0.2, 0.25) is 0 Å². The minimum Gasteiger partial charge on any atom is -0.480 e. The van der Waals surface area contributed by atoms with Crippen molar-refractivity contribution < 1.29 is 9.90 Å². The van der Waals surface area contributed by atoms with Crippen molar-refractivity contribution in [1.29, 1.82) is 0 Å². The number of rotatable bonds is 6. The van der Waals surface area contributed by atoms with Gasteiger partial charge in [-0.25, -0.2) is 0 Å². The number of thiophene rings is 1. The SMILES string of the molecule is CN(C/C=C(/c1ccc(Br)cc1)c1cccs1)CC(=O)O. The molecule has 0 aliphatic rings. The summed E-state index contributed by atoms with van der Waals surface area (Å²) in [7, 11) is 1.80. The van der Waals surface area contributed by atoms with Crippen molar-refractivity contribution in [2.24, 2.45) is 0 Å². The van der Waals surface area contributed by atoms with Crippen LogP contribution < -0.4 is 0 Å². The van der Waals surface area contributed by atoms with E-state index < -0.39 is 5.97 Å². The molecule has 2 aromatic rings. The third kappa shape index (κ3) is 4.81. The Morgan fingerprint density at radius 3 is 2.62 bits per heavy atom. The van der Waals surface area contributed by atoms with Gasteiger partial charge in [-0.2, -0.15) is 0 Å². The Balaban J connectivity index is 2.25. The third-order valence-corrected chi connectivity index (χ3v) is 4.39. The first-order chi connectivity index (χ1) is 10.1. The molecular formula is C16H16BrNO2S. The van der Waals surface area contributed by atoms with E-state index in [0.29, 0.717) is 6.54 Å². The zero-order valence-electron chi connectivity index (χ0n) is 11.6. The van der Waals surface area contributed by atoms with Crippen LogP contribution in [0, 0.1) is 0 Å². The number of carboxylic acid groups (broad SMARTS) is 1. The molecule has 5 heteroatoms. The van der Waals surface area contributed by atoms with Gasteiger partial charge in [-0.3, -0.25) is 9.69 Å². The van der Waals surface area contributed by atoms with Crippen LogP contribution >= 0.6 is 27.3 Å². The minimum absolute atomic E-state index is 0.0363. The molecule has 1 aromatic heterocycles. The van der Waals surface area contributed by atoms with Crippen molar-refractivity contribution in [2.75, 3.05) is 20.1 Å². The van der Waals surface area contributed by atoms with E-state index in [1.165, 1.54) is 4.88 Å². The Bertz CT molecular complexity index is 620. The summed E-state index contributed by atoms with van der Waals surface area (Å²) in [6.45, 7) is 0.629. The topological polar surface area (TPSA) is 40.5 Å². The van der Waals surface area contributed by atoms with E-state index in [1.807, 2.05) is 23.6 Å². The molecule has 0 saturated carbocycles. The maximum absolute atomic E-state index is 10.7. The number of hydrogen-bond donors (Lipinski definition) is 1. The van der Waals surface area contributed by atoms with Crippen molar-refractivity contribution in [1.82, 2.24) is 4.90 Å². The second-order valence-electron chi connectivity index (χ2n) is 4.69. The van der Waals surface area contributed by atoms with Gasteiger partial charge in [-0.05, 0) is 41.8 Å². The highest BCUT2D eigenvalue weighted by atomic mass is 79.9. The Morgan fingerprint density at radius 2 is 2.05 bits per heavy atom. The molecule has 0 aliphatic carbocycles. The molecule has 0 unspecified atom stereocenters. The summed E-state index contributed by atoms with van der Waals surface area (Å²) >= 11 is 5.12. The number of likely N-dealkylation sites (N-methyl/N-ethyl adjacent to an activating group) is 1.